The Labute approximate surface area is 430 Å². The summed E-state index contributed by atoms with van der Waals surface area (Å²) in [5.74, 6) is 0.300. The number of likely N-dealkylation sites (tertiary alicyclic amines) is 2. The molecule has 2 aromatic heterocycles. The summed E-state index contributed by atoms with van der Waals surface area (Å²) in [4.78, 5) is 73.4. The third-order valence-electron chi connectivity index (χ3n) is 14.3. The maximum atomic E-state index is 13.8. The highest BCUT2D eigenvalue weighted by molar-refractivity contribution is 6.33. The number of alkyl carbamates (subject to hydrolysis) is 1. The molecule has 0 saturated carbocycles. The van der Waals surface area contributed by atoms with Crippen molar-refractivity contribution in [3.63, 3.8) is 0 Å². The molecule has 6 atom stereocenters. The Hall–Kier alpha value is -5.77. The molecule has 5 heterocycles. The van der Waals surface area contributed by atoms with E-state index in [1.54, 1.807) is 9.80 Å². The minimum atomic E-state index is -1.24. The van der Waals surface area contributed by atoms with Gasteiger partial charge in [-0.15, -0.1) is 0 Å². The number of aromatic amines is 2. The largest absolute Gasteiger partial charge is 0.465 e. The highest BCUT2D eigenvalue weighted by Gasteiger charge is 2.41. The number of carbonyl (C=O) groups is 4. The number of carboxylic acid groups (broad SMARTS) is 1. The average molecular weight is 1030 g/mol. The van der Waals surface area contributed by atoms with Crippen molar-refractivity contribution in [2.24, 2.45) is 11.8 Å². The molecular formula is C53H64Cl3N9O6. The number of hydrogen-bond acceptors (Lipinski definition) is 8. The van der Waals surface area contributed by atoms with Gasteiger partial charge in [0.1, 0.15) is 45.4 Å². The predicted molar refractivity (Wildman–Crippen MR) is 277 cm³/mol. The molecule has 18 heteroatoms. The second-order valence-electron chi connectivity index (χ2n) is 20.7. The van der Waals surface area contributed by atoms with Gasteiger partial charge in [-0.05, 0) is 84.6 Å². The van der Waals surface area contributed by atoms with E-state index in [0.717, 1.165) is 59.2 Å². The van der Waals surface area contributed by atoms with Crippen LogP contribution in [0.3, 0.4) is 0 Å². The van der Waals surface area contributed by atoms with E-state index in [1.165, 1.54) is 7.11 Å². The fourth-order valence-corrected chi connectivity index (χ4v) is 11.3. The van der Waals surface area contributed by atoms with Crippen molar-refractivity contribution in [3.05, 3.63) is 110 Å². The molecule has 3 aromatic carbocycles. The zero-order valence-corrected chi connectivity index (χ0v) is 43.8. The molecule has 0 spiro atoms. The molecule has 0 unspecified atom stereocenters. The molecule has 0 aliphatic carbocycles. The van der Waals surface area contributed by atoms with Gasteiger partial charge in [-0.25, -0.2) is 19.6 Å². The van der Waals surface area contributed by atoms with Crippen molar-refractivity contribution in [1.82, 2.24) is 40.4 Å². The van der Waals surface area contributed by atoms with Gasteiger partial charge in [-0.1, -0.05) is 138 Å². The van der Waals surface area contributed by atoms with Gasteiger partial charge in [0, 0.05) is 24.2 Å². The van der Waals surface area contributed by atoms with Crippen LogP contribution in [0, 0.1) is 11.8 Å². The van der Waals surface area contributed by atoms with E-state index in [2.05, 4.69) is 88.7 Å². The Bertz CT molecular complexity index is 2750. The standard InChI is InChI=1S/C53H64Cl3N9O6/c1-28(2)41(59-51(68)69)49(66)63-25-9-11-39(63)47-57-43(45(55)61-47)32-17-13-30(14-18-32)36-23-24-37(65(36)38-22-21-34(27-35(38)54)53(5,6)7)31-15-19-33(20-16-31)44-46(56)62-48(58-44)40-12-10-26-64(40)50(67)42(29(3)4)60-52(70)71-8/h13-22,27-29,36-37,39-42,59H,9-12,23-26H2,1-8H3,(H,57,61)(H,58,62)(H,60,70)(H,68,69)/t36-,37-,39+,40+,41+,42+/m1/s1. The molecule has 3 aliphatic rings. The Morgan fingerprint density at radius 1 is 0.676 bits per heavy atom. The van der Waals surface area contributed by atoms with Crippen LogP contribution in [0.15, 0.2) is 66.7 Å². The number of anilines is 1. The number of imidazole rings is 2. The topological polar surface area (TPSA) is 189 Å². The number of carbonyl (C=O) groups excluding carboxylic acids is 3. The van der Waals surface area contributed by atoms with E-state index in [0.29, 0.717) is 64.3 Å². The summed E-state index contributed by atoms with van der Waals surface area (Å²) in [5, 5.41) is 16.0. The molecule has 8 rings (SSSR count). The van der Waals surface area contributed by atoms with Crippen molar-refractivity contribution in [1.29, 1.82) is 0 Å². The summed E-state index contributed by atoms with van der Waals surface area (Å²) in [6.45, 7) is 15.0. The third-order valence-corrected chi connectivity index (χ3v) is 15.1. The first-order valence-corrected chi connectivity index (χ1v) is 25.6. The maximum Gasteiger partial charge on any atom is 0.407 e. The van der Waals surface area contributed by atoms with Gasteiger partial charge in [0.05, 0.1) is 42.0 Å². The summed E-state index contributed by atoms with van der Waals surface area (Å²) in [6, 6.07) is 20.6. The molecule has 5 N–H and O–H groups in total. The molecule has 3 aliphatic heterocycles. The molecule has 3 saturated heterocycles. The van der Waals surface area contributed by atoms with Gasteiger partial charge >= 0.3 is 12.2 Å². The highest BCUT2D eigenvalue weighted by atomic mass is 35.5. The smallest absolute Gasteiger partial charge is 0.407 e. The third kappa shape index (κ3) is 10.7. The number of amides is 4. The fourth-order valence-electron chi connectivity index (χ4n) is 10.5. The van der Waals surface area contributed by atoms with Gasteiger partial charge in [-0.2, -0.15) is 0 Å². The molecule has 5 aromatic rings. The number of benzene rings is 3. The van der Waals surface area contributed by atoms with Crippen LogP contribution < -0.4 is 15.5 Å². The zero-order chi connectivity index (χ0) is 51.1. The summed E-state index contributed by atoms with van der Waals surface area (Å²) in [5.41, 5.74) is 7.00. The fraction of sp³-hybridized carbons (Fsp3) is 0.472. The lowest BCUT2D eigenvalue weighted by Crippen LogP contribution is -2.51. The van der Waals surface area contributed by atoms with Crippen LogP contribution in [0.25, 0.3) is 22.5 Å². The highest BCUT2D eigenvalue weighted by Crippen LogP contribution is 2.50. The quantitative estimate of drug-likeness (QED) is 0.0764. The number of nitrogens with zero attached hydrogens (tertiary/aromatic N) is 5. The van der Waals surface area contributed by atoms with Gasteiger partial charge in [0.2, 0.25) is 11.8 Å². The van der Waals surface area contributed by atoms with Gasteiger partial charge in [-0.3, -0.25) is 9.59 Å². The Kier molecular flexibility index (Phi) is 15.4. The summed E-state index contributed by atoms with van der Waals surface area (Å²) < 4.78 is 4.80. The Morgan fingerprint density at radius 3 is 1.52 bits per heavy atom. The number of nitrogens with one attached hydrogen (secondary N) is 4. The molecule has 378 valence electrons. The van der Waals surface area contributed by atoms with E-state index in [4.69, 9.17) is 49.5 Å². The van der Waals surface area contributed by atoms with E-state index in [1.807, 2.05) is 52.0 Å². The number of ether oxygens (including phenoxy) is 1. The summed E-state index contributed by atoms with van der Waals surface area (Å²) >= 11 is 21.0. The molecule has 3 fully saturated rings. The average Bonchev–Trinajstić information content (AvgIpc) is 4.20. The van der Waals surface area contributed by atoms with Crippen molar-refractivity contribution < 1.29 is 29.0 Å². The van der Waals surface area contributed by atoms with Crippen molar-refractivity contribution in [2.75, 3.05) is 25.1 Å². The van der Waals surface area contributed by atoms with E-state index >= 15 is 0 Å². The minimum Gasteiger partial charge on any atom is -0.465 e. The number of rotatable bonds is 13. The number of halogens is 3. The molecule has 0 radical (unpaired) electrons. The molecule has 15 nitrogen and oxygen atoms in total. The number of H-pyrrole nitrogens is 2. The minimum absolute atomic E-state index is 0.0242. The lowest BCUT2D eigenvalue weighted by Gasteiger charge is -2.34. The maximum absolute atomic E-state index is 13.8. The van der Waals surface area contributed by atoms with Gasteiger partial charge in [0.25, 0.3) is 0 Å². The first-order valence-electron chi connectivity index (χ1n) is 24.5. The first-order chi connectivity index (χ1) is 33.7. The molecule has 0 bridgehead atoms. The van der Waals surface area contributed by atoms with Crippen LogP contribution in [0.4, 0.5) is 15.3 Å². The van der Waals surface area contributed by atoms with Crippen LogP contribution in [-0.2, 0) is 19.7 Å². The second kappa shape index (κ2) is 21.1. The molecule has 71 heavy (non-hydrogen) atoms. The number of aromatic nitrogens is 4. The summed E-state index contributed by atoms with van der Waals surface area (Å²) in [6.07, 6.45) is 2.73. The zero-order valence-electron chi connectivity index (χ0n) is 41.5. The van der Waals surface area contributed by atoms with Crippen LogP contribution in [0.5, 0.6) is 0 Å². The van der Waals surface area contributed by atoms with Crippen LogP contribution in [0.2, 0.25) is 15.3 Å². The number of methoxy groups -OCH3 is 1. The Balaban J connectivity index is 1.05. The van der Waals surface area contributed by atoms with Crippen molar-refractivity contribution >= 4 is 64.5 Å². The van der Waals surface area contributed by atoms with E-state index < -0.39 is 24.3 Å². The van der Waals surface area contributed by atoms with Crippen LogP contribution >= 0.6 is 34.8 Å². The lowest BCUT2D eigenvalue weighted by atomic mass is 9.87. The van der Waals surface area contributed by atoms with Gasteiger partial charge < -0.3 is 45.1 Å². The van der Waals surface area contributed by atoms with Gasteiger partial charge in [0.15, 0.2) is 0 Å². The predicted octanol–water partition coefficient (Wildman–Crippen LogP) is 11.8. The van der Waals surface area contributed by atoms with E-state index in [9.17, 15) is 24.3 Å². The van der Waals surface area contributed by atoms with Crippen LogP contribution in [0.1, 0.15) is 139 Å². The Morgan fingerprint density at radius 2 is 1.13 bits per heavy atom. The molecule has 4 amide bonds. The van der Waals surface area contributed by atoms with Crippen molar-refractivity contribution in [2.45, 2.75) is 129 Å². The lowest BCUT2D eigenvalue weighted by molar-refractivity contribution is -0.136. The normalized spacial score (nSPS) is 20.2. The monoisotopic (exact) mass is 1030 g/mol. The second-order valence-corrected chi connectivity index (χ2v) is 21.8. The van der Waals surface area contributed by atoms with Crippen molar-refractivity contribution in [3.8, 4) is 22.5 Å². The summed E-state index contributed by atoms with van der Waals surface area (Å²) in [7, 11) is 1.28. The molecular weight excluding hydrogens is 965 g/mol. The number of hydrogen-bond donors (Lipinski definition) is 5. The van der Waals surface area contributed by atoms with Crippen LogP contribution in [-0.4, -0.2) is 91.1 Å². The first kappa shape index (κ1) is 51.6. The van der Waals surface area contributed by atoms with E-state index in [-0.39, 0.29) is 53.2 Å². The SMILES string of the molecule is COC(=O)N[C@H](C(=O)N1CCC[C@H]1c1nc(-c2ccc([C@H]3CC[C@H](c4ccc(-c5nc([C@@H]6CCCN6C(=O)[C@@H](NC(=O)O)C(C)C)[nH]c5Cl)cc4)N3c3ccc(C(C)(C)C)cc3Cl)cc2)c(Cl)[nH]1)C(C)C.